The number of para-hydroxylation sites is 2. The summed E-state index contributed by atoms with van der Waals surface area (Å²) in [4.78, 5) is 4.64. The average molecular weight is 342 g/mol. The second-order valence-corrected chi connectivity index (χ2v) is 6.74. The van der Waals surface area contributed by atoms with E-state index in [2.05, 4.69) is 46.8 Å². The molecule has 0 bridgehead atoms. The highest BCUT2D eigenvalue weighted by atomic mass is 32.1. The van der Waals surface area contributed by atoms with Gasteiger partial charge in [0.05, 0.1) is 15.2 Å². The highest BCUT2D eigenvalue weighted by molar-refractivity contribution is 7.80. The Bertz CT molecular complexity index is 778. The predicted molar refractivity (Wildman–Crippen MR) is 103 cm³/mol. The molecule has 0 radical (unpaired) electrons. The standard InChI is InChI=1S/C18H19N3S2/c1-2-13-7-3-4-8-14(13)21-18(22)19-12-11-17-20-15-9-5-6-10-16(15)23-17/h3-10H,2,11-12H2,1H3,(H2,19,21,22). The molecule has 2 aromatic carbocycles. The molecule has 0 aliphatic rings. The second-order valence-electron chi connectivity index (χ2n) is 5.22. The SMILES string of the molecule is CCc1ccccc1NC(=S)NCCc1nc2ccccc2s1. The molecule has 0 unspecified atom stereocenters. The van der Waals surface area contributed by atoms with Crippen LogP contribution in [-0.2, 0) is 12.8 Å². The molecule has 1 aromatic heterocycles. The molecule has 1 heterocycles. The van der Waals surface area contributed by atoms with E-state index in [0.29, 0.717) is 5.11 Å². The third-order valence-corrected chi connectivity index (χ3v) is 4.95. The largest absolute Gasteiger partial charge is 0.362 e. The van der Waals surface area contributed by atoms with Gasteiger partial charge in [0.1, 0.15) is 0 Å². The van der Waals surface area contributed by atoms with Gasteiger partial charge in [-0.15, -0.1) is 11.3 Å². The summed E-state index contributed by atoms with van der Waals surface area (Å²) in [6, 6.07) is 16.5. The lowest BCUT2D eigenvalue weighted by Crippen LogP contribution is -2.30. The van der Waals surface area contributed by atoms with Crippen molar-refractivity contribution in [2.45, 2.75) is 19.8 Å². The van der Waals surface area contributed by atoms with Crippen LogP contribution in [0.15, 0.2) is 48.5 Å². The quantitative estimate of drug-likeness (QED) is 0.675. The third kappa shape index (κ3) is 4.06. The Hall–Kier alpha value is -1.98. The molecule has 0 atom stereocenters. The molecule has 23 heavy (non-hydrogen) atoms. The number of fused-ring (bicyclic) bond motifs is 1. The van der Waals surface area contributed by atoms with E-state index in [9.17, 15) is 0 Å². The van der Waals surface area contributed by atoms with Crippen LogP contribution < -0.4 is 10.6 Å². The molecule has 0 spiro atoms. The number of nitrogens with one attached hydrogen (secondary N) is 2. The Morgan fingerprint density at radius 2 is 1.91 bits per heavy atom. The number of nitrogens with zero attached hydrogens (tertiary/aromatic N) is 1. The van der Waals surface area contributed by atoms with Crippen molar-refractivity contribution < 1.29 is 0 Å². The minimum Gasteiger partial charge on any atom is -0.362 e. The number of thiazole rings is 1. The van der Waals surface area contributed by atoms with Crippen molar-refractivity contribution in [1.29, 1.82) is 0 Å². The molecule has 0 aliphatic heterocycles. The zero-order valence-electron chi connectivity index (χ0n) is 13.0. The maximum atomic E-state index is 5.38. The van der Waals surface area contributed by atoms with Crippen molar-refractivity contribution in [2.24, 2.45) is 0 Å². The number of rotatable bonds is 5. The maximum Gasteiger partial charge on any atom is 0.170 e. The first-order valence-electron chi connectivity index (χ1n) is 7.73. The molecule has 2 N–H and O–H groups in total. The van der Waals surface area contributed by atoms with E-state index in [4.69, 9.17) is 12.2 Å². The number of aromatic nitrogens is 1. The second kappa shape index (κ2) is 7.53. The summed E-state index contributed by atoms with van der Waals surface area (Å²) in [7, 11) is 0. The number of benzene rings is 2. The summed E-state index contributed by atoms with van der Waals surface area (Å²) in [5.74, 6) is 0. The van der Waals surface area contributed by atoms with Crippen LogP contribution in [0.25, 0.3) is 10.2 Å². The maximum absolute atomic E-state index is 5.38. The van der Waals surface area contributed by atoms with E-state index >= 15 is 0 Å². The summed E-state index contributed by atoms with van der Waals surface area (Å²) in [6.45, 7) is 2.92. The number of aryl methyl sites for hydroxylation is 1. The minimum absolute atomic E-state index is 0.659. The Kier molecular flexibility index (Phi) is 5.20. The first-order chi connectivity index (χ1) is 11.3. The van der Waals surface area contributed by atoms with Crippen molar-refractivity contribution in [3.8, 4) is 0 Å². The normalized spacial score (nSPS) is 10.7. The van der Waals surface area contributed by atoms with Gasteiger partial charge in [0.25, 0.3) is 0 Å². The molecule has 118 valence electrons. The molecule has 3 nitrogen and oxygen atoms in total. The molecule has 3 aromatic rings. The Morgan fingerprint density at radius 1 is 1.13 bits per heavy atom. The van der Waals surface area contributed by atoms with Crippen molar-refractivity contribution >= 4 is 44.6 Å². The van der Waals surface area contributed by atoms with Gasteiger partial charge in [-0.3, -0.25) is 0 Å². The summed E-state index contributed by atoms with van der Waals surface area (Å²) in [5, 5.41) is 8.33. The van der Waals surface area contributed by atoms with E-state index < -0.39 is 0 Å². The molecule has 3 rings (SSSR count). The number of thiocarbonyl (C=S) groups is 1. The summed E-state index contributed by atoms with van der Waals surface area (Å²) in [6.07, 6.45) is 1.86. The van der Waals surface area contributed by atoms with E-state index in [1.165, 1.54) is 10.3 Å². The molecule has 0 fully saturated rings. The highest BCUT2D eigenvalue weighted by Crippen LogP contribution is 2.21. The fourth-order valence-electron chi connectivity index (χ4n) is 2.43. The van der Waals surface area contributed by atoms with Gasteiger partial charge >= 0.3 is 0 Å². The van der Waals surface area contributed by atoms with Crippen LogP contribution in [0.1, 0.15) is 17.5 Å². The third-order valence-electron chi connectivity index (χ3n) is 3.61. The number of hydrogen-bond acceptors (Lipinski definition) is 3. The summed E-state index contributed by atoms with van der Waals surface area (Å²) in [5.41, 5.74) is 3.42. The molecule has 0 aliphatic carbocycles. The van der Waals surface area contributed by atoms with Gasteiger partial charge in [-0.2, -0.15) is 0 Å². The topological polar surface area (TPSA) is 37.0 Å². The Labute approximate surface area is 145 Å². The van der Waals surface area contributed by atoms with Gasteiger partial charge in [-0.25, -0.2) is 4.98 Å². The summed E-state index contributed by atoms with van der Waals surface area (Å²) >= 11 is 7.13. The van der Waals surface area contributed by atoms with Gasteiger partial charge in [-0.05, 0) is 42.4 Å². The van der Waals surface area contributed by atoms with Crippen LogP contribution in [0.5, 0.6) is 0 Å². The molecule has 0 saturated carbocycles. The Morgan fingerprint density at radius 3 is 2.74 bits per heavy atom. The first-order valence-corrected chi connectivity index (χ1v) is 8.96. The fraction of sp³-hybridized carbons (Fsp3) is 0.222. The molecular formula is C18H19N3S2. The Balaban J connectivity index is 1.53. The van der Waals surface area contributed by atoms with Crippen LogP contribution in [0, 0.1) is 0 Å². The lowest BCUT2D eigenvalue weighted by atomic mass is 10.1. The van der Waals surface area contributed by atoms with Crippen LogP contribution in [-0.4, -0.2) is 16.6 Å². The van der Waals surface area contributed by atoms with Crippen molar-refractivity contribution in [1.82, 2.24) is 10.3 Å². The predicted octanol–water partition coefficient (Wildman–Crippen LogP) is 4.39. The zero-order valence-corrected chi connectivity index (χ0v) is 14.6. The van der Waals surface area contributed by atoms with Crippen molar-refractivity contribution in [3.63, 3.8) is 0 Å². The van der Waals surface area contributed by atoms with Gasteiger partial charge < -0.3 is 10.6 Å². The highest BCUT2D eigenvalue weighted by Gasteiger charge is 2.04. The lowest BCUT2D eigenvalue weighted by molar-refractivity contribution is 0.867. The zero-order chi connectivity index (χ0) is 16.1. The van der Waals surface area contributed by atoms with Crippen LogP contribution in [0.3, 0.4) is 0 Å². The van der Waals surface area contributed by atoms with Gasteiger partial charge in [0, 0.05) is 18.7 Å². The van der Waals surface area contributed by atoms with Crippen molar-refractivity contribution in [3.05, 3.63) is 59.1 Å². The summed E-state index contributed by atoms with van der Waals surface area (Å²) < 4.78 is 1.24. The minimum atomic E-state index is 0.659. The van der Waals surface area contributed by atoms with Gasteiger partial charge in [0.15, 0.2) is 5.11 Å². The van der Waals surface area contributed by atoms with E-state index in [-0.39, 0.29) is 0 Å². The smallest absolute Gasteiger partial charge is 0.170 e. The van der Waals surface area contributed by atoms with Crippen LogP contribution in [0.2, 0.25) is 0 Å². The van der Waals surface area contributed by atoms with E-state index in [1.54, 1.807) is 11.3 Å². The van der Waals surface area contributed by atoms with E-state index in [0.717, 1.165) is 35.6 Å². The fourth-order valence-corrected chi connectivity index (χ4v) is 3.61. The number of anilines is 1. The molecule has 0 saturated heterocycles. The van der Waals surface area contributed by atoms with Crippen molar-refractivity contribution in [2.75, 3.05) is 11.9 Å². The lowest BCUT2D eigenvalue weighted by Gasteiger charge is -2.12. The van der Waals surface area contributed by atoms with Crippen LogP contribution >= 0.6 is 23.6 Å². The van der Waals surface area contributed by atoms with Crippen LogP contribution in [0.4, 0.5) is 5.69 Å². The van der Waals surface area contributed by atoms with Gasteiger partial charge in [0.2, 0.25) is 0 Å². The number of hydrogen-bond donors (Lipinski definition) is 2. The molecule has 0 amide bonds. The average Bonchev–Trinajstić information content (AvgIpc) is 2.98. The van der Waals surface area contributed by atoms with E-state index in [1.807, 2.05) is 24.3 Å². The molecular weight excluding hydrogens is 322 g/mol. The first kappa shape index (κ1) is 15.9. The molecule has 5 heteroatoms. The van der Waals surface area contributed by atoms with Gasteiger partial charge in [-0.1, -0.05) is 37.3 Å². The monoisotopic (exact) mass is 341 g/mol.